The number of urea groups is 1. The molecule has 0 spiro atoms. The second kappa shape index (κ2) is 8.04. The Labute approximate surface area is 119 Å². The van der Waals surface area contributed by atoms with Crippen molar-refractivity contribution in [1.82, 2.24) is 15.5 Å². The van der Waals surface area contributed by atoms with Crippen LogP contribution in [0.25, 0.3) is 0 Å². The minimum atomic E-state index is -0.172. The fourth-order valence-corrected chi connectivity index (χ4v) is 1.52. The third-order valence-corrected chi connectivity index (χ3v) is 2.65. The van der Waals surface area contributed by atoms with E-state index < -0.39 is 0 Å². The molecule has 0 bridgehead atoms. The van der Waals surface area contributed by atoms with Gasteiger partial charge in [-0.15, -0.1) is 0 Å². The first-order chi connectivity index (χ1) is 9.52. The van der Waals surface area contributed by atoms with E-state index in [1.54, 1.807) is 21.2 Å². The Morgan fingerprint density at radius 2 is 1.70 bits per heavy atom. The number of ether oxygens (including phenoxy) is 1. The number of rotatable bonds is 6. The Kier molecular flexibility index (Phi) is 6.36. The van der Waals surface area contributed by atoms with Crippen molar-refractivity contribution >= 4 is 11.9 Å². The van der Waals surface area contributed by atoms with Gasteiger partial charge in [0.15, 0.2) is 0 Å². The Morgan fingerprint density at radius 3 is 2.25 bits per heavy atom. The molecular weight excluding hydrogens is 258 g/mol. The molecule has 0 unspecified atom stereocenters. The molecule has 1 rings (SSSR count). The van der Waals surface area contributed by atoms with Gasteiger partial charge >= 0.3 is 6.03 Å². The normalized spacial score (nSPS) is 9.75. The van der Waals surface area contributed by atoms with Gasteiger partial charge < -0.3 is 20.3 Å². The van der Waals surface area contributed by atoms with Crippen LogP contribution in [0.15, 0.2) is 24.3 Å². The zero-order valence-electron chi connectivity index (χ0n) is 12.1. The molecule has 0 saturated carbocycles. The fraction of sp³-hybridized carbons (Fsp3) is 0.429. The highest BCUT2D eigenvalue weighted by atomic mass is 16.5. The predicted octanol–water partition coefficient (Wildman–Crippen LogP) is 0.625. The summed E-state index contributed by atoms with van der Waals surface area (Å²) in [6.07, 6.45) is 0.311. The second-order valence-electron chi connectivity index (χ2n) is 4.50. The lowest BCUT2D eigenvalue weighted by Crippen LogP contribution is -2.39. The van der Waals surface area contributed by atoms with E-state index >= 15 is 0 Å². The van der Waals surface area contributed by atoms with E-state index in [1.807, 2.05) is 24.3 Å². The topological polar surface area (TPSA) is 70.7 Å². The molecule has 0 heterocycles. The summed E-state index contributed by atoms with van der Waals surface area (Å²) in [7, 11) is 4.93. The van der Waals surface area contributed by atoms with Gasteiger partial charge in [0.25, 0.3) is 0 Å². The predicted molar refractivity (Wildman–Crippen MR) is 76.8 cm³/mol. The lowest BCUT2D eigenvalue weighted by molar-refractivity contribution is -0.120. The van der Waals surface area contributed by atoms with Crippen molar-refractivity contribution < 1.29 is 14.3 Å². The van der Waals surface area contributed by atoms with Gasteiger partial charge in [-0.05, 0) is 17.7 Å². The molecule has 3 amide bonds. The van der Waals surface area contributed by atoms with Gasteiger partial charge in [-0.2, -0.15) is 0 Å². The van der Waals surface area contributed by atoms with Crippen molar-refractivity contribution in [3.63, 3.8) is 0 Å². The van der Waals surface area contributed by atoms with Gasteiger partial charge in [-0.1, -0.05) is 12.1 Å². The molecule has 110 valence electrons. The quantitative estimate of drug-likeness (QED) is 0.750. The minimum absolute atomic E-state index is 0.0748. The zero-order valence-corrected chi connectivity index (χ0v) is 12.1. The summed E-state index contributed by atoms with van der Waals surface area (Å²) in [5.74, 6) is 0.690. The molecule has 1 aromatic rings. The highest BCUT2D eigenvalue weighted by Crippen LogP contribution is 2.11. The van der Waals surface area contributed by atoms with E-state index in [2.05, 4.69) is 10.6 Å². The van der Waals surface area contributed by atoms with Gasteiger partial charge in [0.05, 0.1) is 13.5 Å². The standard InChI is InChI=1S/C14H21N3O3/c1-17(2)14(19)16-9-8-15-13(18)10-11-4-6-12(20-3)7-5-11/h4-7H,8-10H2,1-3H3,(H,15,18)(H,16,19). The number of amides is 3. The molecule has 0 fully saturated rings. The number of benzene rings is 1. The van der Waals surface area contributed by atoms with Gasteiger partial charge in [-0.3, -0.25) is 4.79 Å². The van der Waals surface area contributed by atoms with Crippen LogP contribution in [0.1, 0.15) is 5.56 Å². The maximum Gasteiger partial charge on any atom is 0.316 e. The molecule has 0 saturated heterocycles. The summed E-state index contributed by atoms with van der Waals surface area (Å²) < 4.78 is 5.05. The van der Waals surface area contributed by atoms with Gasteiger partial charge in [0, 0.05) is 27.2 Å². The molecule has 0 aliphatic rings. The van der Waals surface area contributed by atoms with Crippen LogP contribution in [0.4, 0.5) is 4.79 Å². The maximum atomic E-state index is 11.7. The number of hydrogen-bond acceptors (Lipinski definition) is 3. The number of hydrogen-bond donors (Lipinski definition) is 2. The Balaban J connectivity index is 2.24. The summed E-state index contributed by atoms with van der Waals surface area (Å²) in [5.41, 5.74) is 0.917. The Bertz CT molecular complexity index is 443. The van der Waals surface area contributed by atoms with E-state index in [0.717, 1.165) is 11.3 Å². The van der Waals surface area contributed by atoms with Gasteiger partial charge in [-0.25, -0.2) is 4.79 Å². The van der Waals surface area contributed by atoms with Crippen molar-refractivity contribution in [2.75, 3.05) is 34.3 Å². The van der Waals surface area contributed by atoms with Crippen molar-refractivity contribution in [2.45, 2.75) is 6.42 Å². The maximum absolute atomic E-state index is 11.7. The van der Waals surface area contributed by atoms with Crippen LogP contribution >= 0.6 is 0 Å². The summed E-state index contributed by atoms with van der Waals surface area (Å²) in [6, 6.07) is 7.17. The van der Waals surface area contributed by atoms with E-state index in [1.165, 1.54) is 4.90 Å². The monoisotopic (exact) mass is 279 g/mol. The third kappa shape index (κ3) is 5.60. The van der Waals surface area contributed by atoms with Crippen LogP contribution in [0.2, 0.25) is 0 Å². The molecule has 1 aromatic carbocycles. The molecule has 6 heteroatoms. The van der Waals surface area contributed by atoms with Crippen LogP contribution < -0.4 is 15.4 Å². The summed E-state index contributed by atoms with van der Waals surface area (Å²) in [5, 5.41) is 5.42. The molecule has 0 aliphatic carbocycles. The highest BCUT2D eigenvalue weighted by molar-refractivity contribution is 5.78. The lowest BCUT2D eigenvalue weighted by atomic mass is 10.1. The van der Waals surface area contributed by atoms with Crippen LogP contribution in [-0.2, 0) is 11.2 Å². The molecule has 0 atom stereocenters. The molecule has 20 heavy (non-hydrogen) atoms. The van der Waals surface area contributed by atoms with Crippen LogP contribution in [0.5, 0.6) is 5.75 Å². The van der Waals surface area contributed by atoms with Crippen LogP contribution in [-0.4, -0.2) is 51.1 Å². The average Bonchev–Trinajstić information content (AvgIpc) is 2.44. The zero-order chi connectivity index (χ0) is 15.0. The lowest BCUT2D eigenvalue weighted by Gasteiger charge is -2.12. The molecule has 0 radical (unpaired) electrons. The molecular formula is C14H21N3O3. The molecule has 0 aliphatic heterocycles. The van der Waals surface area contributed by atoms with Crippen molar-refractivity contribution in [1.29, 1.82) is 0 Å². The van der Waals surface area contributed by atoms with Gasteiger partial charge in [0.2, 0.25) is 5.91 Å². The number of methoxy groups -OCH3 is 1. The minimum Gasteiger partial charge on any atom is -0.497 e. The van der Waals surface area contributed by atoms with Gasteiger partial charge in [0.1, 0.15) is 5.75 Å². The van der Waals surface area contributed by atoms with Crippen molar-refractivity contribution in [2.24, 2.45) is 0 Å². The summed E-state index contributed by atoms with van der Waals surface area (Å²) in [6.45, 7) is 0.819. The highest BCUT2D eigenvalue weighted by Gasteiger charge is 2.04. The fourth-order valence-electron chi connectivity index (χ4n) is 1.52. The van der Waals surface area contributed by atoms with Crippen molar-refractivity contribution in [3.05, 3.63) is 29.8 Å². The molecule has 6 nitrogen and oxygen atoms in total. The van der Waals surface area contributed by atoms with Crippen LogP contribution in [0, 0.1) is 0 Å². The smallest absolute Gasteiger partial charge is 0.316 e. The second-order valence-corrected chi connectivity index (χ2v) is 4.50. The number of nitrogens with one attached hydrogen (secondary N) is 2. The molecule has 2 N–H and O–H groups in total. The summed E-state index contributed by atoms with van der Waals surface area (Å²) in [4.78, 5) is 24.4. The SMILES string of the molecule is COc1ccc(CC(=O)NCCNC(=O)N(C)C)cc1. The Morgan fingerprint density at radius 1 is 1.10 bits per heavy atom. The summed E-state index contributed by atoms with van der Waals surface area (Å²) >= 11 is 0. The first-order valence-electron chi connectivity index (χ1n) is 6.37. The number of nitrogens with zero attached hydrogens (tertiary/aromatic N) is 1. The largest absolute Gasteiger partial charge is 0.497 e. The van der Waals surface area contributed by atoms with E-state index in [-0.39, 0.29) is 11.9 Å². The number of carbonyl (C=O) groups is 2. The van der Waals surface area contributed by atoms with E-state index in [9.17, 15) is 9.59 Å². The first-order valence-corrected chi connectivity index (χ1v) is 6.37. The third-order valence-electron chi connectivity index (χ3n) is 2.65. The number of carbonyl (C=O) groups excluding carboxylic acids is 2. The van der Waals surface area contributed by atoms with Crippen LogP contribution in [0.3, 0.4) is 0 Å². The Hall–Kier alpha value is -2.24. The van der Waals surface area contributed by atoms with E-state index in [0.29, 0.717) is 19.5 Å². The average molecular weight is 279 g/mol. The molecule has 0 aromatic heterocycles. The van der Waals surface area contributed by atoms with E-state index in [4.69, 9.17) is 4.74 Å². The van der Waals surface area contributed by atoms with Crippen molar-refractivity contribution in [3.8, 4) is 5.75 Å². The first kappa shape index (κ1) is 15.8.